The van der Waals surface area contributed by atoms with Crippen LogP contribution in [0.4, 0.5) is 0 Å². The standard InChI is InChI=1S/C13H17N3O/c1-3-4-9-5-7-10(8-6-9)13(2)11(17)15-12(14)16-13/h5-8H,3-4H2,1-2H3,(H3,14,15,16,17). The Hall–Kier alpha value is -1.84. The van der Waals surface area contributed by atoms with Crippen molar-refractivity contribution in [3.8, 4) is 0 Å². The van der Waals surface area contributed by atoms with Crippen molar-refractivity contribution >= 4 is 11.9 Å². The number of nitrogens with two attached hydrogens (primary N) is 1. The van der Waals surface area contributed by atoms with Gasteiger partial charge in [0, 0.05) is 0 Å². The van der Waals surface area contributed by atoms with E-state index in [1.807, 2.05) is 24.3 Å². The average Bonchev–Trinajstić information content (AvgIpc) is 2.55. The lowest BCUT2D eigenvalue weighted by molar-refractivity contribution is -0.123. The predicted octanol–water partition coefficient (Wildman–Crippen LogP) is 1.30. The van der Waals surface area contributed by atoms with Crippen molar-refractivity contribution in [2.24, 2.45) is 10.7 Å². The zero-order chi connectivity index (χ0) is 12.5. The molecule has 0 saturated heterocycles. The number of carbonyl (C=O) groups is 1. The van der Waals surface area contributed by atoms with Crippen LogP contribution < -0.4 is 11.1 Å². The minimum absolute atomic E-state index is 0.168. The topological polar surface area (TPSA) is 67.5 Å². The molecule has 0 radical (unpaired) electrons. The second-order valence-electron chi connectivity index (χ2n) is 4.47. The number of guanidine groups is 1. The van der Waals surface area contributed by atoms with E-state index in [1.165, 1.54) is 5.56 Å². The maximum absolute atomic E-state index is 11.8. The third-order valence-corrected chi connectivity index (χ3v) is 3.08. The van der Waals surface area contributed by atoms with Crippen molar-refractivity contribution in [1.82, 2.24) is 5.32 Å². The molecule has 1 aromatic carbocycles. The van der Waals surface area contributed by atoms with Crippen LogP contribution in [0.2, 0.25) is 0 Å². The predicted molar refractivity (Wildman–Crippen MR) is 67.6 cm³/mol. The molecule has 0 aromatic heterocycles. The van der Waals surface area contributed by atoms with Gasteiger partial charge in [-0.1, -0.05) is 37.6 Å². The van der Waals surface area contributed by atoms with Gasteiger partial charge in [0.15, 0.2) is 11.5 Å². The fourth-order valence-electron chi connectivity index (χ4n) is 2.04. The highest BCUT2D eigenvalue weighted by Crippen LogP contribution is 2.28. The first-order valence-electron chi connectivity index (χ1n) is 5.82. The van der Waals surface area contributed by atoms with E-state index in [9.17, 15) is 4.79 Å². The lowest BCUT2D eigenvalue weighted by atomic mass is 9.91. The molecule has 0 aliphatic carbocycles. The van der Waals surface area contributed by atoms with E-state index in [-0.39, 0.29) is 11.9 Å². The highest BCUT2D eigenvalue weighted by Gasteiger charge is 2.39. The molecule has 3 N–H and O–H groups in total. The van der Waals surface area contributed by atoms with Crippen molar-refractivity contribution < 1.29 is 4.79 Å². The van der Waals surface area contributed by atoms with E-state index in [0.717, 1.165) is 18.4 Å². The second kappa shape index (κ2) is 4.20. The van der Waals surface area contributed by atoms with Gasteiger partial charge in [0.25, 0.3) is 5.91 Å². The number of nitrogens with zero attached hydrogens (tertiary/aromatic N) is 1. The van der Waals surface area contributed by atoms with E-state index < -0.39 is 5.54 Å². The molecule has 1 aliphatic heterocycles. The second-order valence-corrected chi connectivity index (χ2v) is 4.47. The Bertz CT molecular complexity index is 464. The van der Waals surface area contributed by atoms with Crippen LogP contribution in [-0.4, -0.2) is 11.9 Å². The summed E-state index contributed by atoms with van der Waals surface area (Å²) < 4.78 is 0. The zero-order valence-corrected chi connectivity index (χ0v) is 10.2. The summed E-state index contributed by atoms with van der Waals surface area (Å²) in [6.07, 6.45) is 2.16. The van der Waals surface area contributed by atoms with Crippen molar-refractivity contribution in [3.63, 3.8) is 0 Å². The van der Waals surface area contributed by atoms with Crippen LogP contribution in [0.15, 0.2) is 29.3 Å². The Balaban J connectivity index is 2.31. The number of nitrogens with one attached hydrogen (secondary N) is 1. The highest BCUT2D eigenvalue weighted by atomic mass is 16.2. The molecule has 4 nitrogen and oxygen atoms in total. The third kappa shape index (κ3) is 2.02. The van der Waals surface area contributed by atoms with Crippen LogP contribution in [-0.2, 0) is 16.8 Å². The molecule has 1 aromatic rings. The molecular weight excluding hydrogens is 214 g/mol. The molecule has 1 atom stereocenters. The molecule has 4 heteroatoms. The summed E-state index contributed by atoms with van der Waals surface area (Å²) in [4.78, 5) is 16.0. The number of carbonyl (C=O) groups excluding carboxylic acids is 1. The largest absolute Gasteiger partial charge is 0.370 e. The van der Waals surface area contributed by atoms with Gasteiger partial charge in [0.2, 0.25) is 0 Å². The molecule has 1 unspecified atom stereocenters. The summed E-state index contributed by atoms with van der Waals surface area (Å²) in [5, 5.41) is 2.53. The first-order valence-corrected chi connectivity index (χ1v) is 5.82. The van der Waals surface area contributed by atoms with Gasteiger partial charge in [-0.15, -0.1) is 0 Å². The molecule has 90 valence electrons. The molecule has 0 spiro atoms. The minimum atomic E-state index is -0.880. The summed E-state index contributed by atoms with van der Waals surface area (Å²) in [6.45, 7) is 3.92. The summed E-state index contributed by atoms with van der Waals surface area (Å²) in [5.41, 5.74) is 6.80. The Morgan fingerprint density at radius 2 is 2.00 bits per heavy atom. The van der Waals surface area contributed by atoms with Crippen LogP contribution in [0.5, 0.6) is 0 Å². The fourth-order valence-corrected chi connectivity index (χ4v) is 2.04. The number of benzene rings is 1. The van der Waals surface area contributed by atoms with Crippen molar-refractivity contribution in [2.75, 3.05) is 0 Å². The van der Waals surface area contributed by atoms with Gasteiger partial charge in [-0.25, -0.2) is 4.99 Å². The quantitative estimate of drug-likeness (QED) is 0.823. The fraction of sp³-hybridized carbons (Fsp3) is 0.385. The molecule has 2 rings (SSSR count). The van der Waals surface area contributed by atoms with E-state index >= 15 is 0 Å². The third-order valence-electron chi connectivity index (χ3n) is 3.08. The summed E-state index contributed by atoms with van der Waals surface area (Å²) >= 11 is 0. The van der Waals surface area contributed by atoms with E-state index in [4.69, 9.17) is 5.73 Å². The smallest absolute Gasteiger partial charge is 0.259 e. The average molecular weight is 231 g/mol. The number of aliphatic imine (C=N–C) groups is 1. The molecular formula is C13H17N3O. The van der Waals surface area contributed by atoms with E-state index in [1.54, 1.807) is 6.92 Å². The Morgan fingerprint density at radius 1 is 1.35 bits per heavy atom. The van der Waals surface area contributed by atoms with Gasteiger partial charge in [-0.2, -0.15) is 0 Å². The minimum Gasteiger partial charge on any atom is -0.370 e. The maximum Gasteiger partial charge on any atom is 0.259 e. The van der Waals surface area contributed by atoms with Crippen LogP contribution >= 0.6 is 0 Å². The first kappa shape index (κ1) is 11.6. The number of hydrogen-bond acceptors (Lipinski definition) is 3. The lowest BCUT2D eigenvalue weighted by Crippen LogP contribution is -2.37. The van der Waals surface area contributed by atoms with Crippen molar-refractivity contribution in [3.05, 3.63) is 35.4 Å². The maximum atomic E-state index is 11.8. The van der Waals surface area contributed by atoms with Crippen LogP contribution in [0.25, 0.3) is 0 Å². The highest BCUT2D eigenvalue weighted by molar-refractivity contribution is 6.06. The van der Waals surface area contributed by atoms with Crippen LogP contribution in [0, 0.1) is 0 Å². The Morgan fingerprint density at radius 3 is 2.47 bits per heavy atom. The van der Waals surface area contributed by atoms with Crippen molar-refractivity contribution in [1.29, 1.82) is 0 Å². The number of amides is 1. The molecule has 1 amide bonds. The lowest BCUT2D eigenvalue weighted by Gasteiger charge is -2.18. The van der Waals surface area contributed by atoms with Gasteiger partial charge in [0.1, 0.15) is 0 Å². The summed E-state index contributed by atoms with van der Waals surface area (Å²) in [7, 11) is 0. The Labute approximate surface area is 101 Å². The van der Waals surface area contributed by atoms with Gasteiger partial charge >= 0.3 is 0 Å². The molecule has 17 heavy (non-hydrogen) atoms. The van der Waals surface area contributed by atoms with Gasteiger partial charge in [-0.3, -0.25) is 10.1 Å². The van der Waals surface area contributed by atoms with E-state index in [2.05, 4.69) is 17.2 Å². The normalized spacial score (nSPS) is 23.4. The summed E-state index contributed by atoms with van der Waals surface area (Å²) in [6, 6.07) is 7.99. The Kier molecular flexibility index (Phi) is 2.88. The van der Waals surface area contributed by atoms with Gasteiger partial charge < -0.3 is 5.73 Å². The monoisotopic (exact) mass is 231 g/mol. The van der Waals surface area contributed by atoms with Gasteiger partial charge in [-0.05, 0) is 24.5 Å². The zero-order valence-electron chi connectivity index (χ0n) is 10.2. The van der Waals surface area contributed by atoms with Crippen molar-refractivity contribution in [2.45, 2.75) is 32.2 Å². The molecule has 0 bridgehead atoms. The van der Waals surface area contributed by atoms with Crippen LogP contribution in [0.3, 0.4) is 0 Å². The number of rotatable bonds is 3. The number of aryl methyl sites for hydroxylation is 1. The molecule has 1 heterocycles. The van der Waals surface area contributed by atoms with Crippen LogP contribution in [0.1, 0.15) is 31.4 Å². The molecule has 0 fully saturated rings. The summed E-state index contributed by atoms with van der Waals surface area (Å²) in [5.74, 6) is 0.0216. The first-order chi connectivity index (χ1) is 8.06. The van der Waals surface area contributed by atoms with Gasteiger partial charge in [0.05, 0.1) is 0 Å². The SMILES string of the molecule is CCCc1ccc(C2(C)N=C(N)NC2=O)cc1. The molecule has 1 aliphatic rings. The number of hydrogen-bond donors (Lipinski definition) is 2. The molecule has 0 saturated carbocycles. The van der Waals surface area contributed by atoms with E-state index in [0.29, 0.717) is 0 Å².